The predicted octanol–water partition coefficient (Wildman–Crippen LogP) is 8.60. The number of carbonyl (C=O) groups excluding carboxylic acids is 2. The zero-order valence-electron chi connectivity index (χ0n) is 22.9. The van der Waals surface area contributed by atoms with Crippen LogP contribution in [0.1, 0.15) is 100 Å². The van der Waals surface area contributed by atoms with Gasteiger partial charge in [0.05, 0.1) is 11.4 Å². The molecule has 0 unspecified atom stereocenters. The van der Waals surface area contributed by atoms with Gasteiger partial charge in [-0.1, -0.05) is 61.9 Å². The molecular formula is C32H38N2O2. The minimum absolute atomic E-state index is 0.526. The molecule has 36 heavy (non-hydrogen) atoms. The maximum atomic E-state index is 12.2. The highest BCUT2D eigenvalue weighted by Crippen LogP contribution is 2.32. The molecule has 188 valence electrons. The van der Waals surface area contributed by atoms with Crippen molar-refractivity contribution in [3.63, 3.8) is 0 Å². The Morgan fingerprint density at radius 1 is 0.694 bits per heavy atom. The van der Waals surface area contributed by atoms with E-state index < -0.39 is 0 Å². The van der Waals surface area contributed by atoms with E-state index in [1.54, 1.807) is 0 Å². The van der Waals surface area contributed by atoms with E-state index in [1.807, 2.05) is 97.0 Å². The van der Waals surface area contributed by atoms with Crippen molar-refractivity contribution in [1.82, 2.24) is 0 Å². The van der Waals surface area contributed by atoms with Crippen LogP contribution in [0.5, 0.6) is 0 Å². The van der Waals surface area contributed by atoms with E-state index in [4.69, 9.17) is 9.98 Å². The standard InChI is InChI=1S/C32H38N2O2/c1-9-14-30(34-29(13-5)22(7)11-3)27-18-16-24(19-35)31-26(17-15-25(20-36)32(27)31)23(8)33-28(12-4)21(6)10-2/h10-13,15-20H,9,14H2,1-8H3/b21-10-,22-11-,28-12+,29-13+,33-23?,34-30?. The summed E-state index contributed by atoms with van der Waals surface area (Å²) in [6, 6.07) is 7.45. The largest absolute Gasteiger partial charge is 0.298 e. The van der Waals surface area contributed by atoms with Crippen LogP contribution in [-0.4, -0.2) is 24.0 Å². The molecule has 0 fully saturated rings. The Hall–Kier alpha value is -3.66. The molecule has 0 spiro atoms. The Labute approximate surface area is 215 Å². The van der Waals surface area contributed by atoms with E-state index >= 15 is 0 Å². The summed E-state index contributed by atoms with van der Waals surface area (Å²) in [6.45, 7) is 16.0. The molecule has 0 aliphatic rings. The highest BCUT2D eigenvalue weighted by atomic mass is 16.1. The smallest absolute Gasteiger partial charge is 0.150 e. The van der Waals surface area contributed by atoms with Crippen molar-refractivity contribution in [3.8, 4) is 0 Å². The van der Waals surface area contributed by atoms with Crippen LogP contribution >= 0.6 is 0 Å². The van der Waals surface area contributed by atoms with Crippen molar-refractivity contribution >= 4 is 34.8 Å². The van der Waals surface area contributed by atoms with Crippen molar-refractivity contribution in [2.75, 3.05) is 0 Å². The van der Waals surface area contributed by atoms with Crippen LogP contribution in [0.4, 0.5) is 0 Å². The van der Waals surface area contributed by atoms with Gasteiger partial charge in [0.1, 0.15) is 0 Å². The lowest BCUT2D eigenvalue weighted by atomic mass is 9.88. The number of carbonyl (C=O) groups is 2. The Morgan fingerprint density at radius 3 is 1.61 bits per heavy atom. The van der Waals surface area contributed by atoms with Gasteiger partial charge in [-0.15, -0.1) is 0 Å². The lowest BCUT2D eigenvalue weighted by Crippen LogP contribution is -2.08. The summed E-state index contributed by atoms with van der Waals surface area (Å²) in [5.74, 6) is 0. The minimum atomic E-state index is 0.526. The summed E-state index contributed by atoms with van der Waals surface area (Å²) in [7, 11) is 0. The van der Waals surface area contributed by atoms with E-state index in [0.717, 1.165) is 81.3 Å². The molecule has 0 radical (unpaired) electrons. The van der Waals surface area contributed by atoms with Gasteiger partial charge in [0, 0.05) is 44.4 Å². The number of aliphatic imine (C=N–C) groups is 2. The Morgan fingerprint density at radius 2 is 1.17 bits per heavy atom. The summed E-state index contributed by atoms with van der Waals surface area (Å²) < 4.78 is 0. The molecule has 0 saturated carbocycles. The zero-order chi connectivity index (χ0) is 26.8. The van der Waals surface area contributed by atoms with Crippen molar-refractivity contribution in [3.05, 3.63) is 93.4 Å². The number of hydrogen-bond acceptors (Lipinski definition) is 4. The van der Waals surface area contributed by atoms with Gasteiger partial charge >= 0.3 is 0 Å². The first-order valence-electron chi connectivity index (χ1n) is 12.5. The number of aldehydes is 2. The van der Waals surface area contributed by atoms with Crippen molar-refractivity contribution in [2.24, 2.45) is 9.98 Å². The zero-order valence-corrected chi connectivity index (χ0v) is 22.9. The van der Waals surface area contributed by atoms with Gasteiger partial charge in [-0.25, -0.2) is 0 Å². The molecule has 0 saturated heterocycles. The molecule has 0 amide bonds. The fraction of sp³-hybridized carbons (Fsp3) is 0.312. The van der Waals surface area contributed by atoms with Crippen LogP contribution in [0.3, 0.4) is 0 Å². The molecule has 0 N–H and O–H groups in total. The lowest BCUT2D eigenvalue weighted by molar-refractivity contribution is 0.111. The van der Waals surface area contributed by atoms with Crippen LogP contribution in [0.25, 0.3) is 10.8 Å². The molecule has 4 nitrogen and oxygen atoms in total. The van der Waals surface area contributed by atoms with Crippen LogP contribution < -0.4 is 0 Å². The van der Waals surface area contributed by atoms with Gasteiger partial charge in [-0.2, -0.15) is 0 Å². The second kappa shape index (κ2) is 13.4. The molecule has 0 heterocycles. The second-order valence-corrected chi connectivity index (χ2v) is 8.69. The van der Waals surface area contributed by atoms with E-state index in [1.165, 1.54) is 0 Å². The number of nitrogens with zero attached hydrogens (tertiary/aromatic N) is 2. The average Bonchev–Trinajstić information content (AvgIpc) is 2.91. The molecule has 2 aromatic rings. The molecule has 4 heteroatoms. The number of fused-ring (bicyclic) bond motifs is 1. The van der Waals surface area contributed by atoms with E-state index in [9.17, 15) is 9.59 Å². The van der Waals surface area contributed by atoms with Crippen LogP contribution in [-0.2, 0) is 0 Å². The van der Waals surface area contributed by atoms with Crippen LogP contribution in [0.15, 0.2) is 81.1 Å². The van der Waals surface area contributed by atoms with E-state index in [-0.39, 0.29) is 0 Å². The van der Waals surface area contributed by atoms with Crippen LogP contribution in [0, 0.1) is 0 Å². The molecule has 0 bridgehead atoms. The van der Waals surface area contributed by atoms with Gasteiger partial charge in [0.15, 0.2) is 12.6 Å². The first-order valence-corrected chi connectivity index (χ1v) is 12.5. The third-order valence-electron chi connectivity index (χ3n) is 6.43. The molecular weight excluding hydrogens is 444 g/mol. The summed E-state index contributed by atoms with van der Waals surface area (Å²) in [6.07, 6.45) is 11.4. The van der Waals surface area contributed by atoms with Crippen molar-refractivity contribution < 1.29 is 9.59 Å². The first-order chi connectivity index (χ1) is 17.3. The Kier molecular flexibility index (Phi) is 10.7. The number of hydrogen-bond donors (Lipinski definition) is 0. The molecule has 2 rings (SSSR count). The highest BCUT2D eigenvalue weighted by Gasteiger charge is 2.19. The average molecular weight is 483 g/mol. The number of benzene rings is 2. The SMILES string of the molecule is C/C=C(C)\C(=C/C)N=C(C)c1ccc(C=O)c2c(C(CCC)=NC(=C/C)/C(C)=C\C)ccc(C=O)c12. The molecule has 0 aliphatic carbocycles. The van der Waals surface area contributed by atoms with Gasteiger partial charge in [0.25, 0.3) is 0 Å². The fourth-order valence-corrected chi connectivity index (χ4v) is 4.22. The summed E-state index contributed by atoms with van der Waals surface area (Å²) in [5, 5.41) is 1.47. The van der Waals surface area contributed by atoms with Gasteiger partial charge in [-0.05, 0) is 66.0 Å². The lowest BCUT2D eigenvalue weighted by Gasteiger charge is -2.17. The number of rotatable bonds is 10. The molecule has 0 aliphatic heterocycles. The minimum Gasteiger partial charge on any atom is -0.298 e. The molecule has 0 atom stereocenters. The monoisotopic (exact) mass is 482 g/mol. The second-order valence-electron chi connectivity index (χ2n) is 8.69. The number of allylic oxidation sites excluding steroid dienone is 6. The quantitative estimate of drug-likeness (QED) is 0.193. The maximum Gasteiger partial charge on any atom is 0.150 e. The van der Waals surface area contributed by atoms with E-state index in [2.05, 4.69) is 6.92 Å². The van der Waals surface area contributed by atoms with Crippen molar-refractivity contribution in [1.29, 1.82) is 0 Å². The Balaban J connectivity index is 3.03. The molecule has 0 aromatic heterocycles. The van der Waals surface area contributed by atoms with Gasteiger partial charge < -0.3 is 0 Å². The third-order valence-corrected chi connectivity index (χ3v) is 6.43. The van der Waals surface area contributed by atoms with Crippen molar-refractivity contribution in [2.45, 2.75) is 68.2 Å². The van der Waals surface area contributed by atoms with E-state index in [0.29, 0.717) is 11.1 Å². The Bertz CT molecular complexity index is 1330. The normalized spacial score (nSPS) is 14.4. The fourth-order valence-electron chi connectivity index (χ4n) is 4.22. The first kappa shape index (κ1) is 28.6. The predicted molar refractivity (Wildman–Crippen MR) is 155 cm³/mol. The summed E-state index contributed by atoms with van der Waals surface area (Å²) in [4.78, 5) is 34.3. The highest BCUT2D eigenvalue weighted by molar-refractivity contribution is 6.23. The summed E-state index contributed by atoms with van der Waals surface area (Å²) in [5.41, 5.74) is 8.35. The maximum absolute atomic E-state index is 12.2. The van der Waals surface area contributed by atoms with Crippen LogP contribution in [0.2, 0.25) is 0 Å². The van der Waals surface area contributed by atoms with Gasteiger partial charge in [-0.3, -0.25) is 19.6 Å². The summed E-state index contributed by atoms with van der Waals surface area (Å²) >= 11 is 0. The van der Waals surface area contributed by atoms with Gasteiger partial charge in [0.2, 0.25) is 0 Å². The third kappa shape index (κ3) is 6.12. The molecule has 2 aromatic carbocycles. The topological polar surface area (TPSA) is 58.9 Å².